The molecular weight excluding hydrogens is 210 g/mol. The maximum atomic E-state index is 6.28. The molecule has 1 aromatic carbocycles. The lowest BCUT2D eigenvalue weighted by Crippen LogP contribution is -2.23. The van der Waals surface area contributed by atoms with Crippen LogP contribution in [-0.4, -0.2) is 9.97 Å². The largest absolute Gasteiger partial charge is 0.322 e. The molecule has 1 heterocycles. The van der Waals surface area contributed by atoms with E-state index in [0.29, 0.717) is 5.92 Å². The molecule has 0 fully saturated rings. The summed E-state index contributed by atoms with van der Waals surface area (Å²) in [6.07, 6.45) is 7.26. The summed E-state index contributed by atoms with van der Waals surface area (Å²) in [4.78, 5) is 8.38. The molecule has 0 spiro atoms. The number of fused-ring (bicyclic) bond motifs is 1. The monoisotopic (exact) mass is 225 g/mol. The molecule has 2 N–H and O–H groups in total. The third-order valence-corrected chi connectivity index (χ3v) is 3.52. The van der Waals surface area contributed by atoms with Gasteiger partial charge in [0.25, 0.3) is 0 Å². The SMILES string of the molecule is NC(c1cnccn1)C1Cc2ccccc2C1. The summed E-state index contributed by atoms with van der Waals surface area (Å²) in [7, 11) is 0. The van der Waals surface area contributed by atoms with Crippen molar-refractivity contribution in [1.29, 1.82) is 0 Å². The second-order valence-corrected chi connectivity index (χ2v) is 4.59. The molecule has 0 amide bonds. The minimum Gasteiger partial charge on any atom is -0.322 e. The quantitative estimate of drug-likeness (QED) is 0.849. The van der Waals surface area contributed by atoms with Gasteiger partial charge >= 0.3 is 0 Å². The maximum Gasteiger partial charge on any atom is 0.0756 e. The lowest BCUT2D eigenvalue weighted by atomic mass is 9.95. The summed E-state index contributed by atoms with van der Waals surface area (Å²) in [5, 5.41) is 0. The van der Waals surface area contributed by atoms with Gasteiger partial charge in [0.05, 0.1) is 11.7 Å². The molecule has 3 heteroatoms. The van der Waals surface area contributed by atoms with Crippen LogP contribution in [0.1, 0.15) is 22.9 Å². The van der Waals surface area contributed by atoms with Gasteiger partial charge in [-0.15, -0.1) is 0 Å². The van der Waals surface area contributed by atoms with E-state index in [9.17, 15) is 0 Å². The number of hydrogen-bond donors (Lipinski definition) is 1. The Morgan fingerprint density at radius 1 is 1.12 bits per heavy atom. The number of hydrogen-bond acceptors (Lipinski definition) is 3. The highest BCUT2D eigenvalue weighted by atomic mass is 14.8. The Hall–Kier alpha value is -1.74. The Morgan fingerprint density at radius 2 is 1.82 bits per heavy atom. The number of rotatable bonds is 2. The molecule has 0 saturated heterocycles. The van der Waals surface area contributed by atoms with Crippen molar-refractivity contribution in [3.8, 4) is 0 Å². The standard InChI is InChI=1S/C14H15N3/c15-14(13-9-16-5-6-17-13)12-7-10-3-1-2-4-11(10)8-12/h1-6,9,12,14H,7-8,15H2. The van der Waals surface area contributed by atoms with Crippen molar-refractivity contribution in [2.45, 2.75) is 18.9 Å². The van der Waals surface area contributed by atoms with E-state index in [1.54, 1.807) is 18.6 Å². The van der Waals surface area contributed by atoms with Crippen LogP contribution in [0.2, 0.25) is 0 Å². The Labute approximate surface area is 101 Å². The highest BCUT2D eigenvalue weighted by Gasteiger charge is 2.27. The lowest BCUT2D eigenvalue weighted by molar-refractivity contribution is 0.444. The smallest absolute Gasteiger partial charge is 0.0756 e. The zero-order chi connectivity index (χ0) is 11.7. The molecule has 86 valence electrons. The number of benzene rings is 1. The van der Waals surface area contributed by atoms with E-state index in [1.807, 2.05) is 0 Å². The Kier molecular flexibility index (Phi) is 2.61. The first-order valence-corrected chi connectivity index (χ1v) is 5.93. The summed E-state index contributed by atoms with van der Waals surface area (Å²) in [6.45, 7) is 0. The highest BCUT2D eigenvalue weighted by molar-refractivity contribution is 5.33. The summed E-state index contributed by atoms with van der Waals surface area (Å²) in [5.41, 5.74) is 10.0. The minimum atomic E-state index is -0.0175. The van der Waals surface area contributed by atoms with Crippen molar-refractivity contribution in [3.05, 3.63) is 59.7 Å². The van der Waals surface area contributed by atoms with Crippen molar-refractivity contribution in [2.24, 2.45) is 11.7 Å². The van der Waals surface area contributed by atoms with Gasteiger partial charge in [-0.2, -0.15) is 0 Å². The normalized spacial score (nSPS) is 16.8. The highest BCUT2D eigenvalue weighted by Crippen LogP contribution is 2.32. The van der Waals surface area contributed by atoms with Gasteiger partial charge < -0.3 is 5.73 Å². The second-order valence-electron chi connectivity index (χ2n) is 4.59. The van der Waals surface area contributed by atoms with Crippen molar-refractivity contribution in [2.75, 3.05) is 0 Å². The zero-order valence-electron chi connectivity index (χ0n) is 9.58. The molecule has 0 bridgehead atoms. The third-order valence-electron chi connectivity index (χ3n) is 3.52. The summed E-state index contributed by atoms with van der Waals surface area (Å²) in [6, 6.07) is 8.55. The maximum absolute atomic E-state index is 6.28. The van der Waals surface area contributed by atoms with Gasteiger partial charge in [-0.3, -0.25) is 9.97 Å². The van der Waals surface area contributed by atoms with Gasteiger partial charge in [0.2, 0.25) is 0 Å². The van der Waals surface area contributed by atoms with Crippen LogP contribution >= 0.6 is 0 Å². The molecule has 2 aromatic rings. The first-order valence-electron chi connectivity index (χ1n) is 5.93. The van der Waals surface area contributed by atoms with E-state index in [0.717, 1.165) is 18.5 Å². The molecule has 3 nitrogen and oxygen atoms in total. The molecule has 1 aliphatic rings. The van der Waals surface area contributed by atoms with E-state index in [-0.39, 0.29) is 6.04 Å². The topological polar surface area (TPSA) is 51.8 Å². The van der Waals surface area contributed by atoms with Gasteiger partial charge in [0.15, 0.2) is 0 Å². The fourth-order valence-corrected chi connectivity index (χ4v) is 2.57. The number of aromatic nitrogens is 2. The van der Waals surface area contributed by atoms with E-state index in [4.69, 9.17) is 5.73 Å². The van der Waals surface area contributed by atoms with Crippen LogP contribution in [-0.2, 0) is 12.8 Å². The van der Waals surface area contributed by atoms with Crippen molar-refractivity contribution in [1.82, 2.24) is 9.97 Å². The van der Waals surface area contributed by atoms with Crippen LogP contribution in [0.3, 0.4) is 0 Å². The van der Waals surface area contributed by atoms with Gasteiger partial charge in [0.1, 0.15) is 0 Å². The molecule has 1 aromatic heterocycles. The fourth-order valence-electron chi connectivity index (χ4n) is 2.57. The molecule has 1 atom stereocenters. The van der Waals surface area contributed by atoms with Crippen LogP contribution in [0.5, 0.6) is 0 Å². The number of nitrogens with zero attached hydrogens (tertiary/aromatic N) is 2. The summed E-state index contributed by atoms with van der Waals surface area (Å²) in [5.74, 6) is 0.448. The van der Waals surface area contributed by atoms with E-state index in [2.05, 4.69) is 34.2 Å². The minimum absolute atomic E-state index is 0.0175. The molecule has 0 aliphatic heterocycles. The molecule has 0 saturated carbocycles. The zero-order valence-corrected chi connectivity index (χ0v) is 9.58. The van der Waals surface area contributed by atoms with Crippen LogP contribution in [0, 0.1) is 5.92 Å². The number of nitrogens with two attached hydrogens (primary N) is 1. The first-order chi connectivity index (χ1) is 8.34. The van der Waals surface area contributed by atoms with Crippen LogP contribution in [0.25, 0.3) is 0 Å². The van der Waals surface area contributed by atoms with Crippen LogP contribution < -0.4 is 5.73 Å². The fraction of sp³-hybridized carbons (Fsp3) is 0.286. The van der Waals surface area contributed by atoms with Gasteiger partial charge in [-0.1, -0.05) is 24.3 Å². The van der Waals surface area contributed by atoms with Crippen molar-refractivity contribution < 1.29 is 0 Å². The Morgan fingerprint density at radius 3 is 2.41 bits per heavy atom. The molecule has 1 unspecified atom stereocenters. The first kappa shape index (κ1) is 10.4. The van der Waals surface area contributed by atoms with Gasteiger partial charge in [-0.25, -0.2) is 0 Å². The summed E-state index contributed by atoms with van der Waals surface area (Å²) >= 11 is 0. The molecule has 17 heavy (non-hydrogen) atoms. The Bertz CT molecular complexity index is 485. The van der Waals surface area contributed by atoms with E-state index < -0.39 is 0 Å². The summed E-state index contributed by atoms with van der Waals surface area (Å²) < 4.78 is 0. The van der Waals surface area contributed by atoms with Crippen LogP contribution in [0.4, 0.5) is 0 Å². The molecule has 0 radical (unpaired) electrons. The predicted octanol–water partition coefficient (Wildman–Crippen LogP) is 1.89. The van der Waals surface area contributed by atoms with E-state index in [1.165, 1.54) is 11.1 Å². The molecular formula is C14H15N3. The molecule has 1 aliphatic carbocycles. The third kappa shape index (κ3) is 1.94. The second kappa shape index (κ2) is 4.26. The average Bonchev–Trinajstić information content (AvgIpc) is 2.82. The predicted molar refractivity (Wildman–Crippen MR) is 66.3 cm³/mol. The Balaban J connectivity index is 1.81. The van der Waals surface area contributed by atoms with Gasteiger partial charge in [0, 0.05) is 18.6 Å². The molecule has 3 rings (SSSR count). The van der Waals surface area contributed by atoms with Crippen molar-refractivity contribution >= 4 is 0 Å². The van der Waals surface area contributed by atoms with Gasteiger partial charge in [-0.05, 0) is 29.9 Å². The van der Waals surface area contributed by atoms with Crippen molar-refractivity contribution in [3.63, 3.8) is 0 Å². The lowest BCUT2D eigenvalue weighted by Gasteiger charge is -2.17. The average molecular weight is 225 g/mol. The van der Waals surface area contributed by atoms with Crippen LogP contribution in [0.15, 0.2) is 42.9 Å². The van der Waals surface area contributed by atoms with E-state index >= 15 is 0 Å².